The molecule has 1 N–H and O–H groups in total. The zero-order chi connectivity index (χ0) is 24.3. The van der Waals surface area contributed by atoms with Crippen molar-refractivity contribution >= 4 is 15.9 Å². The molecule has 3 aromatic carbocycles. The monoisotopic (exact) mass is 484 g/mol. The molecular weight excluding hydrogens is 458 g/mol. The SMILES string of the molecule is Cc1ccc([C@H](NC(=O)C2CCN(S(=O)(=O)c3cc(F)ccc3F)CC2)c2ccccc2)cc1. The van der Waals surface area contributed by atoms with Gasteiger partial charge in [0.05, 0.1) is 6.04 Å². The van der Waals surface area contributed by atoms with Gasteiger partial charge in [-0.1, -0.05) is 60.2 Å². The van der Waals surface area contributed by atoms with Gasteiger partial charge in [0, 0.05) is 19.0 Å². The van der Waals surface area contributed by atoms with Gasteiger partial charge >= 0.3 is 0 Å². The van der Waals surface area contributed by atoms with E-state index in [-0.39, 0.29) is 43.8 Å². The molecule has 34 heavy (non-hydrogen) atoms. The van der Waals surface area contributed by atoms with E-state index < -0.39 is 26.6 Å². The number of rotatable bonds is 6. The number of nitrogens with zero attached hydrogens (tertiary/aromatic N) is 1. The van der Waals surface area contributed by atoms with Crippen molar-refractivity contribution in [1.29, 1.82) is 0 Å². The van der Waals surface area contributed by atoms with E-state index in [2.05, 4.69) is 5.32 Å². The second-order valence-corrected chi connectivity index (χ2v) is 10.4. The average molecular weight is 485 g/mol. The van der Waals surface area contributed by atoms with Crippen LogP contribution < -0.4 is 5.32 Å². The highest BCUT2D eigenvalue weighted by Crippen LogP contribution is 2.28. The normalized spacial score (nSPS) is 16.2. The van der Waals surface area contributed by atoms with Gasteiger partial charge in [0.25, 0.3) is 0 Å². The molecule has 0 saturated carbocycles. The summed E-state index contributed by atoms with van der Waals surface area (Å²) in [6.45, 7) is 2.10. The number of piperidine rings is 1. The van der Waals surface area contributed by atoms with E-state index >= 15 is 0 Å². The third kappa shape index (κ3) is 5.18. The number of benzene rings is 3. The van der Waals surface area contributed by atoms with Crippen LogP contribution >= 0.6 is 0 Å². The number of amides is 1. The van der Waals surface area contributed by atoms with Crippen molar-refractivity contribution in [1.82, 2.24) is 9.62 Å². The molecule has 1 saturated heterocycles. The molecule has 1 amide bonds. The Hall–Kier alpha value is -3.10. The maximum absolute atomic E-state index is 14.1. The van der Waals surface area contributed by atoms with Gasteiger partial charge in [-0.3, -0.25) is 4.79 Å². The Morgan fingerprint density at radius 2 is 1.56 bits per heavy atom. The lowest BCUT2D eigenvalue weighted by Crippen LogP contribution is -2.44. The van der Waals surface area contributed by atoms with Crippen molar-refractivity contribution in [3.63, 3.8) is 0 Å². The fourth-order valence-corrected chi connectivity index (χ4v) is 5.74. The minimum absolute atomic E-state index is 0.0525. The summed E-state index contributed by atoms with van der Waals surface area (Å²) < 4.78 is 54.4. The number of sulfonamides is 1. The van der Waals surface area contributed by atoms with Crippen LogP contribution in [0.15, 0.2) is 77.7 Å². The lowest BCUT2D eigenvalue weighted by atomic mass is 9.94. The lowest BCUT2D eigenvalue weighted by molar-refractivity contribution is -0.126. The fraction of sp³-hybridized carbons (Fsp3) is 0.269. The number of carbonyl (C=O) groups is 1. The molecule has 0 radical (unpaired) electrons. The highest BCUT2D eigenvalue weighted by atomic mass is 32.2. The molecule has 1 atom stereocenters. The van der Waals surface area contributed by atoms with Crippen LogP contribution in [0.25, 0.3) is 0 Å². The summed E-state index contributed by atoms with van der Waals surface area (Å²) in [5.41, 5.74) is 3.01. The van der Waals surface area contributed by atoms with Crippen molar-refractivity contribution in [3.8, 4) is 0 Å². The molecule has 1 aliphatic rings. The highest BCUT2D eigenvalue weighted by Gasteiger charge is 2.34. The molecule has 5 nitrogen and oxygen atoms in total. The van der Waals surface area contributed by atoms with Crippen molar-refractivity contribution in [2.24, 2.45) is 5.92 Å². The van der Waals surface area contributed by atoms with Crippen LogP contribution in [0.5, 0.6) is 0 Å². The summed E-state index contributed by atoms with van der Waals surface area (Å²) in [4.78, 5) is 12.5. The number of nitrogens with one attached hydrogen (secondary N) is 1. The van der Waals surface area contributed by atoms with E-state index in [1.54, 1.807) is 0 Å². The number of carbonyl (C=O) groups excluding carboxylic acids is 1. The first-order chi connectivity index (χ1) is 16.3. The van der Waals surface area contributed by atoms with Gasteiger partial charge in [0.15, 0.2) is 0 Å². The molecule has 0 bridgehead atoms. The number of hydrogen-bond donors (Lipinski definition) is 1. The summed E-state index contributed by atoms with van der Waals surface area (Å²) in [5, 5.41) is 3.12. The molecule has 3 aromatic rings. The Morgan fingerprint density at radius 3 is 2.21 bits per heavy atom. The van der Waals surface area contributed by atoms with Crippen LogP contribution in [-0.2, 0) is 14.8 Å². The number of hydrogen-bond acceptors (Lipinski definition) is 3. The molecule has 1 fully saturated rings. The van der Waals surface area contributed by atoms with Gasteiger partial charge < -0.3 is 5.32 Å². The second-order valence-electron chi connectivity index (χ2n) is 8.52. The highest BCUT2D eigenvalue weighted by molar-refractivity contribution is 7.89. The number of halogens is 2. The lowest BCUT2D eigenvalue weighted by Gasteiger charge is -2.31. The van der Waals surface area contributed by atoms with E-state index in [0.717, 1.165) is 33.1 Å². The molecule has 0 unspecified atom stereocenters. The van der Waals surface area contributed by atoms with Crippen LogP contribution in [0.3, 0.4) is 0 Å². The van der Waals surface area contributed by atoms with Crippen molar-refractivity contribution in [2.45, 2.75) is 30.7 Å². The summed E-state index contributed by atoms with van der Waals surface area (Å²) in [6, 6.07) is 19.6. The zero-order valence-electron chi connectivity index (χ0n) is 18.7. The fourth-order valence-electron chi connectivity index (χ4n) is 4.20. The molecule has 178 valence electrons. The van der Waals surface area contributed by atoms with Crippen LogP contribution in [0.2, 0.25) is 0 Å². The first kappa shape index (κ1) is 24.0. The van der Waals surface area contributed by atoms with E-state index in [9.17, 15) is 22.0 Å². The van der Waals surface area contributed by atoms with Gasteiger partial charge in [-0.05, 0) is 49.1 Å². The first-order valence-electron chi connectivity index (χ1n) is 11.1. The smallest absolute Gasteiger partial charge is 0.246 e. The van der Waals surface area contributed by atoms with Crippen LogP contribution in [-0.4, -0.2) is 31.7 Å². The molecule has 0 spiro atoms. The molecular formula is C26H26F2N2O3S. The largest absolute Gasteiger partial charge is 0.345 e. The van der Waals surface area contributed by atoms with Gasteiger partial charge in [0.2, 0.25) is 15.9 Å². The molecule has 1 aliphatic heterocycles. The minimum atomic E-state index is -4.19. The Labute approximate surface area is 198 Å². The Kier molecular flexibility index (Phi) is 7.09. The predicted octanol–water partition coefficient (Wildman–Crippen LogP) is 4.58. The Morgan fingerprint density at radius 1 is 0.941 bits per heavy atom. The quantitative estimate of drug-likeness (QED) is 0.557. The van der Waals surface area contributed by atoms with E-state index in [1.165, 1.54) is 0 Å². The van der Waals surface area contributed by atoms with Gasteiger partial charge in [0.1, 0.15) is 16.5 Å². The molecule has 0 aliphatic carbocycles. The Balaban J connectivity index is 1.47. The average Bonchev–Trinajstić information content (AvgIpc) is 2.85. The number of aryl methyl sites for hydroxylation is 1. The molecule has 1 heterocycles. The van der Waals surface area contributed by atoms with Gasteiger partial charge in [-0.25, -0.2) is 17.2 Å². The summed E-state index contributed by atoms with van der Waals surface area (Å²) in [6.07, 6.45) is 0.578. The van der Waals surface area contributed by atoms with E-state index in [0.29, 0.717) is 6.07 Å². The van der Waals surface area contributed by atoms with Crippen molar-refractivity contribution in [3.05, 3.63) is 101 Å². The molecule has 4 rings (SSSR count). The predicted molar refractivity (Wildman–Crippen MR) is 125 cm³/mol. The molecule has 0 aromatic heterocycles. The van der Waals surface area contributed by atoms with Crippen LogP contribution in [0, 0.1) is 24.5 Å². The van der Waals surface area contributed by atoms with Crippen molar-refractivity contribution < 1.29 is 22.0 Å². The third-order valence-corrected chi connectivity index (χ3v) is 8.08. The van der Waals surface area contributed by atoms with E-state index in [4.69, 9.17) is 0 Å². The standard InChI is InChI=1S/C26H26F2N2O3S/c1-18-7-9-20(10-8-18)25(19-5-3-2-4-6-19)29-26(31)21-13-15-30(16-14-21)34(32,33)24-17-22(27)11-12-23(24)28/h2-12,17,21,25H,13-16H2,1H3,(H,29,31)/t25-/m1/s1. The van der Waals surface area contributed by atoms with E-state index in [1.807, 2.05) is 61.5 Å². The minimum Gasteiger partial charge on any atom is -0.345 e. The first-order valence-corrected chi connectivity index (χ1v) is 12.6. The summed E-state index contributed by atoms with van der Waals surface area (Å²) in [5.74, 6) is -2.37. The van der Waals surface area contributed by atoms with Gasteiger partial charge in [-0.2, -0.15) is 4.31 Å². The maximum Gasteiger partial charge on any atom is 0.246 e. The van der Waals surface area contributed by atoms with Gasteiger partial charge in [-0.15, -0.1) is 0 Å². The zero-order valence-corrected chi connectivity index (χ0v) is 19.6. The summed E-state index contributed by atoms with van der Waals surface area (Å²) >= 11 is 0. The second kappa shape index (κ2) is 10.0. The summed E-state index contributed by atoms with van der Waals surface area (Å²) in [7, 11) is -4.19. The van der Waals surface area contributed by atoms with Crippen LogP contribution in [0.4, 0.5) is 8.78 Å². The van der Waals surface area contributed by atoms with Crippen molar-refractivity contribution in [2.75, 3.05) is 13.1 Å². The Bertz CT molecular complexity index is 1260. The molecule has 8 heteroatoms. The maximum atomic E-state index is 14.1. The third-order valence-electron chi connectivity index (χ3n) is 6.17. The van der Waals surface area contributed by atoms with Crippen LogP contribution in [0.1, 0.15) is 35.6 Å². The topological polar surface area (TPSA) is 66.5 Å².